The zero-order valence-corrected chi connectivity index (χ0v) is 32.7. The van der Waals surface area contributed by atoms with Crippen LogP contribution in [0.2, 0.25) is 0 Å². The summed E-state index contributed by atoms with van der Waals surface area (Å²) in [7, 11) is 0. The first kappa shape index (κ1) is 34.1. The molecule has 0 fully saturated rings. The van der Waals surface area contributed by atoms with Crippen molar-refractivity contribution in [2.24, 2.45) is 0 Å². The van der Waals surface area contributed by atoms with Gasteiger partial charge in [-0.2, -0.15) is 0 Å². The third-order valence-corrected chi connectivity index (χ3v) is 12.2. The number of hydrogen-bond donors (Lipinski definition) is 0. The molecule has 12 rings (SSSR count). The van der Waals surface area contributed by atoms with Gasteiger partial charge in [0.25, 0.3) is 0 Å². The van der Waals surface area contributed by atoms with Gasteiger partial charge in [-0.15, -0.1) is 0 Å². The van der Waals surface area contributed by atoms with Crippen molar-refractivity contribution in [2.75, 3.05) is 4.90 Å². The van der Waals surface area contributed by atoms with Crippen molar-refractivity contribution in [2.45, 2.75) is 0 Å². The van der Waals surface area contributed by atoms with Crippen molar-refractivity contribution < 1.29 is 4.42 Å². The number of nitrogens with zero attached hydrogens (tertiary/aromatic N) is 1. The summed E-state index contributed by atoms with van der Waals surface area (Å²) in [5.74, 6) is 0. The van der Waals surface area contributed by atoms with Crippen molar-refractivity contribution >= 4 is 82.1 Å². The van der Waals surface area contributed by atoms with Gasteiger partial charge >= 0.3 is 0 Å². The van der Waals surface area contributed by atoms with Gasteiger partial charge in [-0.3, -0.25) is 0 Å². The van der Waals surface area contributed by atoms with E-state index in [2.05, 4.69) is 223 Å². The van der Waals surface area contributed by atoms with Crippen LogP contribution in [0.15, 0.2) is 229 Å². The first-order chi connectivity index (χ1) is 29.7. The van der Waals surface area contributed by atoms with Gasteiger partial charge in [-0.25, -0.2) is 0 Å². The molecule has 1 heterocycles. The Morgan fingerprint density at radius 2 is 0.833 bits per heavy atom. The van der Waals surface area contributed by atoms with Crippen LogP contribution in [0.25, 0.3) is 98.4 Å². The molecule has 0 saturated carbocycles. The van der Waals surface area contributed by atoms with E-state index in [1.165, 1.54) is 70.7 Å². The summed E-state index contributed by atoms with van der Waals surface area (Å²) in [5, 5.41) is 12.2. The number of rotatable bonds is 6. The lowest BCUT2D eigenvalue weighted by Gasteiger charge is -2.28. The number of furan rings is 1. The molecule has 1 aromatic heterocycles. The van der Waals surface area contributed by atoms with Gasteiger partial charge in [0.05, 0.1) is 5.69 Å². The van der Waals surface area contributed by atoms with Crippen LogP contribution < -0.4 is 4.90 Å². The molecule has 2 nitrogen and oxygen atoms in total. The van der Waals surface area contributed by atoms with Crippen LogP contribution in [-0.2, 0) is 0 Å². The molecule has 0 atom stereocenters. The SMILES string of the molecule is c1ccc(-c2ccc(N(c3ccc(-c4ccc5ccccc5c4)cc3)c3ccccc3-c3ccc4c5ccccc5c5c(ccc6oc7ccccc7c65)c4c3)cc2)cc1. The number of benzene rings is 11. The lowest BCUT2D eigenvalue weighted by molar-refractivity contribution is 0.669. The molecule has 0 aliphatic heterocycles. The summed E-state index contributed by atoms with van der Waals surface area (Å²) < 4.78 is 6.42. The fourth-order valence-electron chi connectivity index (χ4n) is 9.37. The Labute approximate surface area is 347 Å². The lowest BCUT2D eigenvalue weighted by Crippen LogP contribution is -2.11. The van der Waals surface area contributed by atoms with Gasteiger partial charge in [0, 0.05) is 33.1 Å². The van der Waals surface area contributed by atoms with Crippen molar-refractivity contribution in [3.8, 4) is 33.4 Å². The van der Waals surface area contributed by atoms with Crippen molar-refractivity contribution in [3.63, 3.8) is 0 Å². The third-order valence-electron chi connectivity index (χ3n) is 12.2. The summed E-state index contributed by atoms with van der Waals surface area (Å²) in [4.78, 5) is 2.40. The van der Waals surface area contributed by atoms with Crippen molar-refractivity contribution in [3.05, 3.63) is 224 Å². The van der Waals surface area contributed by atoms with Crippen LogP contribution in [0.5, 0.6) is 0 Å². The topological polar surface area (TPSA) is 16.4 Å². The average molecular weight is 764 g/mol. The van der Waals surface area contributed by atoms with Gasteiger partial charge in [-0.1, -0.05) is 164 Å². The molecule has 0 unspecified atom stereocenters. The summed E-state index contributed by atoms with van der Waals surface area (Å²) in [5.41, 5.74) is 12.2. The zero-order valence-electron chi connectivity index (χ0n) is 32.7. The molecule has 0 amide bonds. The van der Waals surface area contributed by atoms with E-state index in [-0.39, 0.29) is 0 Å². The highest BCUT2D eigenvalue weighted by atomic mass is 16.3. The Hall–Kier alpha value is -7.94. The van der Waals surface area contributed by atoms with Crippen LogP contribution in [0, 0.1) is 0 Å². The van der Waals surface area contributed by atoms with E-state index < -0.39 is 0 Å². The minimum atomic E-state index is 0.911. The standard InChI is InChI=1S/C58H37NO/c1-2-12-38(13-3-1)40-24-29-45(30-25-40)59(46-31-26-41(27-32-46)43-23-22-39-14-4-5-15-42(39)36-43)54-20-10-8-16-47(54)44-28-33-49-48-17-6-7-18-50(48)57-51(53(49)37-44)34-35-56-58(57)52-19-9-11-21-55(52)60-56/h1-37H. The lowest BCUT2D eigenvalue weighted by atomic mass is 9.90. The smallest absolute Gasteiger partial charge is 0.136 e. The maximum absolute atomic E-state index is 6.42. The summed E-state index contributed by atoms with van der Waals surface area (Å²) in [6.45, 7) is 0. The molecule has 0 saturated heterocycles. The molecule has 0 bridgehead atoms. The van der Waals surface area contributed by atoms with E-state index >= 15 is 0 Å². The average Bonchev–Trinajstić information content (AvgIpc) is 3.71. The normalized spacial score (nSPS) is 11.7. The van der Waals surface area contributed by atoms with Crippen LogP contribution >= 0.6 is 0 Å². The third kappa shape index (κ3) is 5.57. The maximum Gasteiger partial charge on any atom is 0.136 e. The molecule has 0 spiro atoms. The highest BCUT2D eigenvalue weighted by molar-refractivity contribution is 6.34. The van der Waals surface area contributed by atoms with Gasteiger partial charge in [-0.05, 0) is 126 Å². The molecular formula is C58H37NO. The zero-order chi connectivity index (χ0) is 39.6. The van der Waals surface area contributed by atoms with Crippen LogP contribution in [-0.4, -0.2) is 0 Å². The Kier molecular flexibility index (Phi) is 7.89. The fourth-order valence-corrected chi connectivity index (χ4v) is 9.37. The molecule has 0 aliphatic carbocycles. The van der Waals surface area contributed by atoms with Crippen molar-refractivity contribution in [1.82, 2.24) is 0 Å². The Balaban J connectivity index is 1.04. The highest BCUT2D eigenvalue weighted by Gasteiger charge is 2.20. The summed E-state index contributed by atoms with van der Waals surface area (Å²) >= 11 is 0. The highest BCUT2D eigenvalue weighted by Crippen LogP contribution is 2.46. The molecule has 0 aliphatic rings. The number of fused-ring (bicyclic) bond motifs is 11. The minimum Gasteiger partial charge on any atom is -0.456 e. The predicted octanol–water partition coefficient (Wildman–Crippen LogP) is 16.7. The summed E-state index contributed by atoms with van der Waals surface area (Å²) in [6, 6.07) is 81.3. The maximum atomic E-state index is 6.42. The second kappa shape index (κ2) is 13.9. The molecule has 280 valence electrons. The Morgan fingerprint density at radius 1 is 0.283 bits per heavy atom. The van der Waals surface area contributed by atoms with Crippen LogP contribution in [0.4, 0.5) is 17.1 Å². The molecule has 60 heavy (non-hydrogen) atoms. The van der Waals surface area contributed by atoms with E-state index in [0.29, 0.717) is 0 Å². The molecule has 2 heteroatoms. The molecular weight excluding hydrogens is 727 g/mol. The number of hydrogen-bond acceptors (Lipinski definition) is 2. The van der Waals surface area contributed by atoms with Crippen LogP contribution in [0.3, 0.4) is 0 Å². The fraction of sp³-hybridized carbons (Fsp3) is 0. The first-order valence-corrected chi connectivity index (χ1v) is 20.6. The van der Waals surface area contributed by atoms with Crippen LogP contribution in [0.1, 0.15) is 0 Å². The Morgan fingerprint density at radius 3 is 1.63 bits per heavy atom. The van der Waals surface area contributed by atoms with Gasteiger partial charge in [0.15, 0.2) is 0 Å². The van der Waals surface area contributed by atoms with Gasteiger partial charge in [0.2, 0.25) is 0 Å². The number of para-hydroxylation sites is 2. The van der Waals surface area contributed by atoms with E-state index in [0.717, 1.165) is 44.7 Å². The van der Waals surface area contributed by atoms with Gasteiger partial charge < -0.3 is 9.32 Å². The molecule has 12 aromatic rings. The summed E-state index contributed by atoms with van der Waals surface area (Å²) in [6.07, 6.45) is 0. The minimum absolute atomic E-state index is 0.911. The Bertz CT molecular complexity index is 3580. The van der Waals surface area contributed by atoms with E-state index in [1.54, 1.807) is 0 Å². The first-order valence-electron chi connectivity index (χ1n) is 20.6. The number of anilines is 3. The monoisotopic (exact) mass is 763 g/mol. The van der Waals surface area contributed by atoms with Gasteiger partial charge in [0.1, 0.15) is 11.2 Å². The molecule has 0 radical (unpaired) electrons. The molecule has 11 aromatic carbocycles. The quantitative estimate of drug-likeness (QED) is 0.157. The van der Waals surface area contributed by atoms with E-state index in [9.17, 15) is 0 Å². The molecule has 0 N–H and O–H groups in total. The second-order valence-electron chi connectivity index (χ2n) is 15.6. The van der Waals surface area contributed by atoms with E-state index in [1.807, 2.05) is 6.07 Å². The van der Waals surface area contributed by atoms with Crippen molar-refractivity contribution in [1.29, 1.82) is 0 Å². The van der Waals surface area contributed by atoms with E-state index in [4.69, 9.17) is 4.42 Å². The predicted molar refractivity (Wildman–Crippen MR) is 255 cm³/mol. The second-order valence-corrected chi connectivity index (χ2v) is 15.6. The largest absolute Gasteiger partial charge is 0.456 e.